The molecule has 2 aliphatic rings. The number of ether oxygens (including phenoxy) is 1. The van der Waals surface area contributed by atoms with Gasteiger partial charge in [0.05, 0.1) is 12.0 Å². The number of carbonyl (C=O) groups excluding carboxylic acids is 1. The maximum atomic E-state index is 11.6. The summed E-state index contributed by atoms with van der Waals surface area (Å²) in [7, 11) is 0. The largest absolute Gasteiger partial charge is 0.465 e. The van der Waals surface area contributed by atoms with Gasteiger partial charge in [0.2, 0.25) is 0 Å². The average molecular weight is 168 g/mol. The first-order valence-electron chi connectivity index (χ1n) is 4.66. The molecule has 2 fully saturated rings. The van der Waals surface area contributed by atoms with Crippen molar-refractivity contribution in [3.05, 3.63) is 0 Å². The highest BCUT2D eigenvalue weighted by Gasteiger charge is 2.59. The van der Waals surface area contributed by atoms with Crippen molar-refractivity contribution in [2.24, 2.45) is 16.7 Å². The molecule has 0 aromatic heterocycles. The highest BCUT2D eigenvalue weighted by molar-refractivity contribution is 5.79. The van der Waals surface area contributed by atoms with Gasteiger partial charge in [-0.3, -0.25) is 4.79 Å². The lowest BCUT2D eigenvalue weighted by molar-refractivity contribution is -0.173. The molecule has 1 aliphatic heterocycles. The van der Waals surface area contributed by atoms with Crippen LogP contribution in [0.5, 0.6) is 0 Å². The van der Waals surface area contributed by atoms with Crippen LogP contribution in [-0.2, 0) is 9.53 Å². The van der Waals surface area contributed by atoms with Gasteiger partial charge in [-0.15, -0.1) is 0 Å². The lowest BCUT2D eigenvalue weighted by Crippen LogP contribution is -2.47. The minimum Gasteiger partial charge on any atom is -0.465 e. The van der Waals surface area contributed by atoms with Gasteiger partial charge in [0.15, 0.2) is 0 Å². The van der Waals surface area contributed by atoms with Gasteiger partial charge in [-0.25, -0.2) is 0 Å². The summed E-state index contributed by atoms with van der Waals surface area (Å²) < 4.78 is 5.16. The van der Waals surface area contributed by atoms with E-state index in [9.17, 15) is 4.79 Å². The Labute approximate surface area is 73.3 Å². The third-order valence-corrected chi connectivity index (χ3v) is 4.30. The van der Waals surface area contributed by atoms with E-state index in [1.165, 1.54) is 0 Å². The van der Waals surface area contributed by atoms with Crippen LogP contribution in [0.4, 0.5) is 0 Å². The second-order valence-corrected chi connectivity index (χ2v) is 4.89. The van der Waals surface area contributed by atoms with Crippen molar-refractivity contribution >= 4 is 5.97 Å². The number of carbonyl (C=O) groups is 1. The summed E-state index contributed by atoms with van der Waals surface area (Å²) in [6.45, 7) is 7.09. The van der Waals surface area contributed by atoms with Crippen molar-refractivity contribution in [1.82, 2.24) is 0 Å². The molecule has 1 heterocycles. The van der Waals surface area contributed by atoms with Crippen LogP contribution in [0.1, 0.15) is 33.6 Å². The lowest BCUT2D eigenvalue weighted by atomic mass is 9.65. The Bertz CT molecular complexity index is 232. The smallest absolute Gasteiger partial charge is 0.312 e. The first-order chi connectivity index (χ1) is 5.48. The van der Waals surface area contributed by atoms with Crippen LogP contribution in [0, 0.1) is 16.7 Å². The molecule has 2 nitrogen and oxygen atoms in total. The highest BCUT2D eigenvalue weighted by atomic mass is 16.5. The van der Waals surface area contributed by atoms with Gasteiger partial charge < -0.3 is 4.74 Å². The Morgan fingerprint density at radius 1 is 1.42 bits per heavy atom. The fourth-order valence-electron chi connectivity index (χ4n) is 2.59. The summed E-state index contributed by atoms with van der Waals surface area (Å²) in [4.78, 5) is 11.6. The van der Waals surface area contributed by atoms with Crippen LogP contribution in [0.25, 0.3) is 0 Å². The number of cyclic esters (lactones) is 1. The van der Waals surface area contributed by atoms with Crippen molar-refractivity contribution in [3.63, 3.8) is 0 Å². The van der Waals surface area contributed by atoms with Gasteiger partial charge in [-0.2, -0.15) is 0 Å². The summed E-state index contributed by atoms with van der Waals surface area (Å²) in [5, 5.41) is 0. The van der Waals surface area contributed by atoms with Gasteiger partial charge in [-0.05, 0) is 31.1 Å². The minimum atomic E-state index is -0.212. The third-order valence-electron chi connectivity index (χ3n) is 4.30. The van der Waals surface area contributed by atoms with Crippen LogP contribution in [-0.4, -0.2) is 12.6 Å². The van der Waals surface area contributed by atoms with Crippen molar-refractivity contribution in [3.8, 4) is 0 Å². The standard InChI is InChI=1S/C10H16O2/c1-9(2)7-4-5-10(9,3)8(11)12-6-7/h7H,4-6H2,1-3H3/t7-,10-/m0/s1. The maximum Gasteiger partial charge on any atom is 0.312 e. The topological polar surface area (TPSA) is 26.3 Å². The molecule has 0 spiro atoms. The Balaban J connectivity index is 2.43. The quantitative estimate of drug-likeness (QED) is 0.517. The summed E-state index contributed by atoms with van der Waals surface area (Å²) in [6, 6.07) is 0. The van der Waals surface area contributed by atoms with Crippen molar-refractivity contribution < 1.29 is 9.53 Å². The molecule has 1 saturated carbocycles. The SMILES string of the molecule is CC1(C)[C@H]2CC[C@@]1(C)C(=O)OC2. The summed E-state index contributed by atoms with van der Waals surface area (Å²) >= 11 is 0. The predicted molar refractivity (Wildman–Crippen MR) is 45.6 cm³/mol. The number of rotatable bonds is 0. The summed E-state index contributed by atoms with van der Waals surface area (Å²) in [5.41, 5.74) is -0.0712. The van der Waals surface area contributed by atoms with Crippen LogP contribution in [0.3, 0.4) is 0 Å². The van der Waals surface area contributed by atoms with E-state index in [0.29, 0.717) is 12.5 Å². The Morgan fingerprint density at radius 3 is 2.67 bits per heavy atom. The van der Waals surface area contributed by atoms with E-state index in [-0.39, 0.29) is 16.8 Å². The Morgan fingerprint density at radius 2 is 2.08 bits per heavy atom. The zero-order valence-electron chi connectivity index (χ0n) is 8.02. The molecule has 2 bridgehead atoms. The Kier molecular flexibility index (Phi) is 1.37. The maximum absolute atomic E-state index is 11.6. The van der Waals surface area contributed by atoms with Gasteiger partial charge >= 0.3 is 5.97 Å². The summed E-state index contributed by atoms with van der Waals surface area (Å²) in [5.74, 6) is 0.599. The Hall–Kier alpha value is -0.530. The molecule has 68 valence electrons. The van der Waals surface area contributed by atoms with E-state index in [0.717, 1.165) is 12.8 Å². The molecular weight excluding hydrogens is 152 g/mol. The van der Waals surface area contributed by atoms with Crippen LogP contribution < -0.4 is 0 Å². The van der Waals surface area contributed by atoms with Gasteiger partial charge in [0, 0.05) is 0 Å². The third kappa shape index (κ3) is 0.686. The fraction of sp³-hybridized carbons (Fsp3) is 0.900. The van der Waals surface area contributed by atoms with Crippen molar-refractivity contribution in [2.45, 2.75) is 33.6 Å². The van der Waals surface area contributed by atoms with Gasteiger partial charge in [-0.1, -0.05) is 13.8 Å². The van der Waals surface area contributed by atoms with E-state index in [4.69, 9.17) is 4.74 Å². The van der Waals surface area contributed by atoms with E-state index in [2.05, 4.69) is 20.8 Å². The van der Waals surface area contributed by atoms with Gasteiger partial charge in [0.25, 0.3) is 0 Å². The van der Waals surface area contributed by atoms with Crippen LogP contribution in [0.15, 0.2) is 0 Å². The average Bonchev–Trinajstić information content (AvgIpc) is 2.17. The lowest BCUT2D eigenvalue weighted by Gasteiger charge is -2.43. The van der Waals surface area contributed by atoms with E-state index >= 15 is 0 Å². The second kappa shape index (κ2) is 2.04. The van der Waals surface area contributed by atoms with E-state index in [1.54, 1.807) is 0 Å². The first kappa shape index (κ1) is 8.09. The van der Waals surface area contributed by atoms with Crippen molar-refractivity contribution in [2.75, 3.05) is 6.61 Å². The zero-order chi connectivity index (χ0) is 8.98. The zero-order valence-corrected chi connectivity index (χ0v) is 8.02. The molecule has 0 aromatic carbocycles. The number of hydrogen-bond donors (Lipinski definition) is 0. The molecule has 0 unspecified atom stereocenters. The monoisotopic (exact) mass is 168 g/mol. The van der Waals surface area contributed by atoms with E-state index < -0.39 is 0 Å². The molecule has 1 aliphatic carbocycles. The van der Waals surface area contributed by atoms with Crippen LogP contribution in [0.2, 0.25) is 0 Å². The van der Waals surface area contributed by atoms with Crippen molar-refractivity contribution in [1.29, 1.82) is 0 Å². The molecule has 2 rings (SSSR count). The molecule has 2 atom stereocenters. The number of hydrogen-bond acceptors (Lipinski definition) is 2. The molecule has 0 radical (unpaired) electrons. The number of esters is 1. The fourth-order valence-corrected chi connectivity index (χ4v) is 2.59. The second-order valence-electron chi connectivity index (χ2n) is 4.89. The highest BCUT2D eigenvalue weighted by Crippen LogP contribution is 2.58. The molecule has 0 amide bonds. The normalized spacial score (nSPS) is 44.2. The molecule has 2 heteroatoms. The van der Waals surface area contributed by atoms with E-state index in [1.807, 2.05) is 0 Å². The first-order valence-corrected chi connectivity index (χ1v) is 4.66. The molecular formula is C10H16O2. The predicted octanol–water partition coefficient (Wildman–Crippen LogP) is 1.99. The minimum absolute atomic E-state index is 0.0150. The summed E-state index contributed by atoms with van der Waals surface area (Å²) in [6.07, 6.45) is 2.15. The molecule has 0 N–H and O–H groups in total. The molecule has 12 heavy (non-hydrogen) atoms. The molecule has 1 saturated heterocycles. The van der Waals surface area contributed by atoms with Gasteiger partial charge in [0.1, 0.15) is 0 Å². The molecule has 0 aromatic rings. The number of fused-ring (bicyclic) bond motifs is 2. The van der Waals surface area contributed by atoms with Crippen LogP contribution >= 0.6 is 0 Å².